The van der Waals surface area contributed by atoms with Crippen molar-refractivity contribution in [2.75, 3.05) is 7.11 Å². The van der Waals surface area contributed by atoms with E-state index >= 15 is 0 Å². The zero-order valence-corrected chi connectivity index (χ0v) is 9.59. The average Bonchev–Trinajstić information content (AvgIpc) is 2.22. The third kappa shape index (κ3) is 8.07. The molecule has 0 N–H and O–H groups in total. The molecule has 0 fully saturated rings. The number of ether oxygens (including phenoxy) is 1. The highest BCUT2D eigenvalue weighted by Crippen LogP contribution is 2.12. The van der Waals surface area contributed by atoms with Gasteiger partial charge >= 0.3 is 0 Å². The Kier molecular flexibility index (Phi) is 10.1. The Morgan fingerprint density at radius 1 is 1.14 bits per heavy atom. The Morgan fingerprint density at radius 2 is 1.86 bits per heavy atom. The van der Waals surface area contributed by atoms with E-state index in [2.05, 4.69) is 13.0 Å². The van der Waals surface area contributed by atoms with E-state index in [1.165, 1.54) is 32.1 Å². The highest BCUT2D eigenvalue weighted by molar-refractivity contribution is 4.72. The first-order valence-corrected chi connectivity index (χ1v) is 5.74. The first kappa shape index (κ1) is 13.4. The number of hydrogen-bond donors (Lipinski definition) is 0. The van der Waals surface area contributed by atoms with Crippen molar-refractivity contribution in [1.29, 1.82) is 5.26 Å². The number of rotatable bonds is 9. The van der Waals surface area contributed by atoms with Gasteiger partial charge in [0.05, 0.1) is 12.2 Å². The van der Waals surface area contributed by atoms with Crippen molar-refractivity contribution < 1.29 is 4.74 Å². The molecule has 0 aliphatic carbocycles. The minimum absolute atomic E-state index is 0.302. The van der Waals surface area contributed by atoms with Gasteiger partial charge in [-0.05, 0) is 12.8 Å². The van der Waals surface area contributed by atoms with Crippen molar-refractivity contribution in [2.24, 2.45) is 0 Å². The van der Waals surface area contributed by atoms with E-state index in [0.717, 1.165) is 12.8 Å². The number of nitrogens with zero attached hydrogens (tertiary/aromatic N) is 1. The van der Waals surface area contributed by atoms with E-state index in [4.69, 9.17) is 10.00 Å². The van der Waals surface area contributed by atoms with Gasteiger partial charge in [-0.1, -0.05) is 39.0 Å². The summed E-state index contributed by atoms with van der Waals surface area (Å²) in [6, 6.07) is 2.16. The summed E-state index contributed by atoms with van der Waals surface area (Å²) in [5, 5.41) is 8.45. The lowest BCUT2D eigenvalue weighted by Crippen LogP contribution is -2.09. The van der Waals surface area contributed by atoms with Crippen LogP contribution in [0.2, 0.25) is 0 Å². The summed E-state index contributed by atoms with van der Waals surface area (Å²) in [5.41, 5.74) is 0. The maximum atomic E-state index is 8.45. The molecule has 0 saturated heterocycles. The highest BCUT2D eigenvalue weighted by atomic mass is 16.5. The molecular formula is C12H23NO. The van der Waals surface area contributed by atoms with Crippen molar-refractivity contribution in [3.8, 4) is 6.07 Å². The maximum Gasteiger partial charge on any atom is 0.0622 e. The summed E-state index contributed by atoms with van der Waals surface area (Å²) >= 11 is 0. The largest absolute Gasteiger partial charge is 0.381 e. The lowest BCUT2D eigenvalue weighted by Gasteiger charge is -2.12. The summed E-state index contributed by atoms with van der Waals surface area (Å²) in [4.78, 5) is 0. The molecular weight excluding hydrogens is 174 g/mol. The molecule has 0 spiro atoms. The van der Waals surface area contributed by atoms with Crippen molar-refractivity contribution in [1.82, 2.24) is 0 Å². The second-order valence-corrected chi connectivity index (χ2v) is 3.76. The lowest BCUT2D eigenvalue weighted by molar-refractivity contribution is 0.0867. The smallest absolute Gasteiger partial charge is 0.0622 e. The number of unbranched alkanes of at least 4 members (excludes halogenated alkanes) is 4. The number of nitriles is 1. The van der Waals surface area contributed by atoms with Gasteiger partial charge in [0.25, 0.3) is 0 Å². The summed E-state index contributed by atoms with van der Waals surface area (Å²) in [5.74, 6) is 0. The van der Waals surface area contributed by atoms with Crippen molar-refractivity contribution >= 4 is 0 Å². The molecule has 1 atom stereocenters. The van der Waals surface area contributed by atoms with Gasteiger partial charge in [-0.2, -0.15) is 5.26 Å². The molecule has 1 unspecified atom stereocenters. The molecule has 2 heteroatoms. The van der Waals surface area contributed by atoms with E-state index in [1.807, 2.05) is 0 Å². The zero-order valence-electron chi connectivity index (χ0n) is 9.59. The quantitative estimate of drug-likeness (QED) is 0.528. The van der Waals surface area contributed by atoms with Crippen molar-refractivity contribution in [2.45, 2.75) is 64.4 Å². The van der Waals surface area contributed by atoms with Crippen LogP contribution in [0, 0.1) is 11.3 Å². The first-order valence-electron chi connectivity index (χ1n) is 5.74. The Hall–Kier alpha value is -0.550. The SMILES string of the molecule is CCCCCCCC(CCC#N)OC. The van der Waals surface area contributed by atoms with Gasteiger partial charge in [0, 0.05) is 13.5 Å². The molecule has 0 aromatic carbocycles. The Bertz CT molecular complexity index is 151. The zero-order chi connectivity index (χ0) is 10.6. The van der Waals surface area contributed by atoms with Crippen LogP contribution in [0.4, 0.5) is 0 Å². The van der Waals surface area contributed by atoms with E-state index in [9.17, 15) is 0 Å². The normalized spacial score (nSPS) is 12.4. The van der Waals surface area contributed by atoms with Crippen LogP contribution in [0.25, 0.3) is 0 Å². The molecule has 0 rings (SSSR count). The Labute approximate surface area is 88.3 Å². The van der Waals surface area contributed by atoms with Gasteiger partial charge in [-0.3, -0.25) is 0 Å². The van der Waals surface area contributed by atoms with Crippen molar-refractivity contribution in [3.63, 3.8) is 0 Å². The van der Waals surface area contributed by atoms with Crippen LogP contribution in [0.3, 0.4) is 0 Å². The predicted molar refractivity (Wildman–Crippen MR) is 59.0 cm³/mol. The predicted octanol–water partition coefficient (Wildman–Crippen LogP) is 3.67. The van der Waals surface area contributed by atoms with E-state index in [0.29, 0.717) is 12.5 Å². The monoisotopic (exact) mass is 197 g/mol. The third-order valence-corrected chi connectivity index (χ3v) is 2.54. The fourth-order valence-electron chi connectivity index (χ4n) is 1.58. The Balaban J connectivity index is 3.29. The van der Waals surface area contributed by atoms with Gasteiger partial charge in [0.15, 0.2) is 0 Å². The number of hydrogen-bond acceptors (Lipinski definition) is 2. The molecule has 0 aromatic heterocycles. The summed E-state index contributed by atoms with van der Waals surface area (Å²) in [7, 11) is 1.74. The van der Waals surface area contributed by atoms with E-state index < -0.39 is 0 Å². The standard InChI is InChI=1S/C12H23NO/c1-3-4-5-6-7-9-12(14-2)10-8-11-13/h12H,3-10H2,1-2H3. The molecule has 14 heavy (non-hydrogen) atoms. The molecule has 2 nitrogen and oxygen atoms in total. The molecule has 0 aliphatic heterocycles. The van der Waals surface area contributed by atoms with Crippen LogP contribution in [-0.2, 0) is 4.74 Å². The van der Waals surface area contributed by atoms with Crippen LogP contribution in [0.1, 0.15) is 58.3 Å². The van der Waals surface area contributed by atoms with Gasteiger partial charge in [0.2, 0.25) is 0 Å². The molecule has 0 radical (unpaired) electrons. The van der Waals surface area contributed by atoms with Crippen LogP contribution in [-0.4, -0.2) is 13.2 Å². The van der Waals surface area contributed by atoms with E-state index in [1.54, 1.807) is 7.11 Å². The fourth-order valence-corrected chi connectivity index (χ4v) is 1.58. The van der Waals surface area contributed by atoms with Gasteiger partial charge in [-0.25, -0.2) is 0 Å². The fraction of sp³-hybridized carbons (Fsp3) is 0.917. The molecule has 0 saturated carbocycles. The molecule has 0 amide bonds. The summed E-state index contributed by atoms with van der Waals surface area (Å²) in [6.45, 7) is 2.23. The molecule has 0 heterocycles. The minimum atomic E-state index is 0.302. The molecule has 82 valence electrons. The topological polar surface area (TPSA) is 33.0 Å². The highest BCUT2D eigenvalue weighted by Gasteiger charge is 2.05. The lowest BCUT2D eigenvalue weighted by atomic mass is 10.1. The van der Waals surface area contributed by atoms with Crippen LogP contribution >= 0.6 is 0 Å². The molecule has 0 aromatic rings. The minimum Gasteiger partial charge on any atom is -0.381 e. The van der Waals surface area contributed by atoms with Crippen molar-refractivity contribution in [3.05, 3.63) is 0 Å². The molecule has 0 aliphatic rings. The van der Waals surface area contributed by atoms with Crippen LogP contribution < -0.4 is 0 Å². The van der Waals surface area contributed by atoms with E-state index in [-0.39, 0.29) is 0 Å². The summed E-state index contributed by atoms with van der Waals surface area (Å²) < 4.78 is 5.31. The maximum absolute atomic E-state index is 8.45. The van der Waals surface area contributed by atoms with Gasteiger partial charge in [0.1, 0.15) is 0 Å². The average molecular weight is 197 g/mol. The Morgan fingerprint density at radius 3 is 2.43 bits per heavy atom. The molecule has 0 bridgehead atoms. The van der Waals surface area contributed by atoms with Gasteiger partial charge < -0.3 is 4.74 Å². The van der Waals surface area contributed by atoms with Crippen LogP contribution in [0.15, 0.2) is 0 Å². The first-order chi connectivity index (χ1) is 6.85. The van der Waals surface area contributed by atoms with Crippen LogP contribution in [0.5, 0.6) is 0 Å². The third-order valence-electron chi connectivity index (χ3n) is 2.54. The number of methoxy groups -OCH3 is 1. The second-order valence-electron chi connectivity index (χ2n) is 3.76. The van der Waals surface area contributed by atoms with Gasteiger partial charge in [-0.15, -0.1) is 0 Å². The summed E-state index contributed by atoms with van der Waals surface area (Å²) in [6.07, 6.45) is 9.44. The second kappa shape index (κ2) is 10.5.